The molecule has 0 unspecified atom stereocenters. The van der Waals surface area contributed by atoms with Crippen LogP contribution in [0.25, 0.3) is 11.1 Å². The molecule has 0 aromatic heterocycles. The molecule has 3 saturated heterocycles. The number of aliphatic hydroxyl groups excluding tert-OH is 5. The predicted octanol–water partition coefficient (Wildman–Crippen LogP) is 8.12. The van der Waals surface area contributed by atoms with Crippen LogP contribution in [-0.4, -0.2) is 192 Å². The largest absolute Gasteiger partial charge is 0.507 e. The Morgan fingerprint density at radius 2 is 1.38 bits per heavy atom. The molecule has 125 heavy (non-hydrogen) atoms. The summed E-state index contributed by atoms with van der Waals surface area (Å²) in [6.07, 6.45) is -14.0. The third kappa shape index (κ3) is 21.6. The summed E-state index contributed by atoms with van der Waals surface area (Å²) >= 11 is 14.4. The Kier molecular flexibility index (Phi) is 30.2. The number of nitrogens with one attached hydrogen (secondary N) is 8. The number of rotatable bonds is 26. The van der Waals surface area contributed by atoms with Gasteiger partial charge in [0.05, 0.1) is 45.7 Å². The number of alkyl carbamates (subject to hydrolysis) is 1. The maximum Gasteiger partial charge on any atom is 0.408 e. The van der Waals surface area contributed by atoms with Gasteiger partial charge in [-0.05, 0) is 159 Å². The van der Waals surface area contributed by atoms with Crippen LogP contribution in [0.3, 0.4) is 0 Å². The van der Waals surface area contributed by atoms with Gasteiger partial charge in [-0.1, -0.05) is 100 Å². The second kappa shape index (κ2) is 40.6. The van der Waals surface area contributed by atoms with Crippen molar-refractivity contribution in [2.45, 2.75) is 229 Å². The number of benzene rings is 6. The fourth-order valence-electron chi connectivity index (χ4n) is 16.6. The van der Waals surface area contributed by atoms with Crippen LogP contribution in [0.1, 0.15) is 188 Å². The van der Waals surface area contributed by atoms with Gasteiger partial charge in [0.15, 0.2) is 47.6 Å². The third-order valence-electron chi connectivity index (χ3n) is 23.3. The van der Waals surface area contributed by atoms with Crippen molar-refractivity contribution < 1.29 is 127 Å². The van der Waals surface area contributed by atoms with E-state index in [-0.39, 0.29) is 77.2 Å². The second-order valence-corrected chi connectivity index (χ2v) is 33.8. The molecule has 19 N–H and O–H groups in total. The molecule has 8 amide bonds. The first-order chi connectivity index (χ1) is 59.5. The summed E-state index contributed by atoms with van der Waals surface area (Å²) in [4.78, 5) is 146. The standard InChI is InChI=1S/C88H105Cl2N9O26/c1-7-9-10-11-14-42-15-20-49(21-16-42)94-86(117)93-26-13-12-25-92-38-53-57(102)36-52-67(74(53)108)51-28-44(17-22-56(51)101)50-35-59(104)68-47-32-62(120-60-23-18-45(29-54(60)89)72(106)70(97-80(111)43(8-2)27-40(3)4)58(103)31-48(34-65(91)105)81(112)95-68)77(63(33-47)121-61-24-19-46(30-55(61)90)73(107)71(98-82(50)113)83(114)96-69(52)84(115)116)124-85-78(76(110)75(109)64(39-100)122-85)123-66-37-88(6)79(41(5)119-66)125-87(118)99-88/h15-24,28-30,32-33,36,40-41,43,48,50,64,66,68-73,75-76,78-79,85,92,100-102,106-110H,7-14,25-27,31,34-35,37-39H2,1-6H3,(H2,91,105)(H,95,112)(H,96,114)(H,97,111)(H,98,113)(H,99,118)(H,115,116)(H2,93,94,117)/t41-,43+,48-,50+,64+,66-,68+,69-,70-,71-,72+,73+,75+,76-,78+,79+,85-,88-/m0/s1. The van der Waals surface area contributed by atoms with Gasteiger partial charge in [-0.25, -0.2) is 14.4 Å². The van der Waals surface area contributed by atoms with Crippen LogP contribution in [0.15, 0.2) is 97.1 Å². The van der Waals surface area contributed by atoms with Crippen molar-refractivity contribution in [2.24, 2.45) is 23.5 Å². The number of ether oxygens (including phenoxy) is 7. The monoisotopic (exact) mass is 1770 g/mol. The number of aromatic hydroxyl groups is 3. The number of aryl methyl sites for hydroxylation is 1. The number of phenols is 3. The SMILES string of the molecule is CCCCCCc1ccc(NC(=O)NCCCCNCc2c(O)cc3c(c2O)-c2cc(ccc2O)[C@H]2CC(=O)[C@@H]4NC(=O)[C@H](CC(N)=O)CC(=O)[C@H](NC(=O)[C@H](CC)CC(C)C)[C@H](O)c5ccc(c(Cl)c5)Oc5cc4cc(c5O[C@@H]4O[C@H](CO)[C@@H](O)[C@H](O)[C@H]4O[C@H]4C[C@]5(C)NC(=O)O[C@@H]5[C@H](C)O4)Oc4ccc(cc4Cl)[C@@H](O)[C@H](NC2=O)C(=O)N[C@@H]3C(=O)O)cc1. The number of hydrogen-bond acceptors (Lipinski definition) is 26. The zero-order valence-electron chi connectivity index (χ0n) is 69.4. The normalized spacial score (nSPS) is 26.4. The molecule has 672 valence electrons. The molecular formula is C88H105Cl2N9O26. The summed E-state index contributed by atoms with van der Waals surface area (Å²) in [5, 5.41) is 128. The first-order valence-corrected chi connectivity index (χ1v) is 42.4. The number of nitrogens with two attached hydrogens (primary N) is 1. The van der Waals surface area contributed by atoms with E-state index in [1.165, 1.54) is 24.3 Å². The molecule has 0 saturated carbocycles. The minimum atomic E-state index is -2.31. The van der Waals surface area contributed by atoms with Gasteiger partial charge in [0.25, 0.3) is 0 Å². The lowest BCUT2D eigenvalue weighted by Gasteiger charge is -2.46. The molecule has 6 aromatic rings. The topological polar surface area (TPSA) is 540 Å². The van der Waals surface area contributed by atoms with Crippen LogP contribution in [0, 0.1) is 17.8 Å². The molecule has 8 heterocycles. The van der Waals surface area contributed by atoms with Gasteiger partial charge < -0.3 is 127 Å². The van der Waals surface area contributed by atoms with Crippen LogP contribution < -0.4 is 62.5 Å². The van der Waals surface area contributed by atoms with E-state index in [4.69, 9.17) is 62.1 Å². The number of carbonyl (C=O) groups is 10. The number of halogens is 2. The molecule has 6 aromatic carbocycles. The molecule has 0 spiro atoms. The van der Waals surface area contributed by atoms with Crippen molar-refractivity contribution in [1.29, 1.82) is 0 Å². The highest BCUT2D eigenvalue weighted by Crippen LogP contribution is 2.52. The number of Topliss-reactive ketones (excluding diaryl/α,β-unsaturated/α-hetero) is 2. The van der Waals surface area contributed by atoms with Gasteiger partial charge in [0, 0.05) is 67.1 Å². The van der Waals surface area contributed by atoms with E-state index in [0.29, 0.717) is 24.9 Å². The van der Waals surface area contributed by atoms with Crippen LogP contribution in [0.2, 0.25) is 10.0 Å². The van der Waals surface area contributed by atoms with Crippen molar-refractivity contribution in [3.8, 4) is 57.1 Å². The number of amides is 8. The summed E-state index contributed by atoms with van der Waals surface area (Å²) in [6, 6.07) is 11.9. The van der Waals surface area contributed by atoms with Gasteiger partial charge >= 0.3 is 18.1 Å². The molecular weight excluding hydrogens is 1670 g/mol. The molecule has 14 rings (SSSR count). The number of aliphatic hydroxyl groups is 5. The highest BCUT2D eigenvalue weighted by atomic mass is 35.5. The maximum atomic E-state index is 16.5. The number of ketones is 2. The van der Waals surface area contributed by atoms with Crippen LogP contribution in [-0.2, 0) is 70.3 Å². The van der Waals surface area contributed by atoms with E-state index >= 15 is 24.0 Å². The molecule has 3 fully saturated rings. The van der Waals surface area contributed by atoms with Gasteiger partial charge in [0.2, 0.25) is 41.6 Å². The molecule has 18 atom stereocenters. The van der Waals surface area contributed by atoms with Crippen LogP contribution in [0.4, 0.5) is 15.3 Å². The predicted molar refractivity (Wildman–Crippen MR) is 448 cm³/mol. The number of anilines is 1. The molecule has 0 aliphatic carbocycles. The van der Waals surface area contributed by atoms with Crippen LogP contribution in [0.5, 0.6) is 46.0 Å². The summed E-state index contributed by atoms with van der Waals surface area (Å²) in [5.74, 6) is -19.3. The molecule has 0 radical (unpaired) electrons. The number of carboxylic acid groups (broad SMARTS) is 1. The molecule has 37 heteroatoms. The fraction of sp³-hybridized carbons (Fsp3) is 0.477. The van der Waals surface area contributed by atoms with Gasteiger partial charge in [0.1, 0.15) is 77.4 Å². The quantitative estimate of drug-likeness (QED) is 0.0228. The number of carboxylic acids is 1. The lowest BCUT2D eigenvalue weighted by molar-refractivity contribution is -0.332. The van der Waals surface area contributed by atoms with Crippen molar-refractivity contribution in [3.63, 3.8) is 0 Å². The third-order valence-corrected chi connectivity index (χ3v) is 23.9. The summed E-state index contributed by atoms with van der Waals surface area (Å²) in [6.45, 7) is 10.0. The number of urea groups is 1. The van der Waals surface area contributed by atoms with Crippen molar-refractivity contribution >= 4 is 88.1 Å². The zero-order valence-corrected chi connectivity index (χ0v) is 71.0. The lowest BCUT2D eigenvalue weighted by atomic mass is 9.84. The highest BCUT2D eigenvalue weighted by molar-refractivity contribution is 6.32. The van der Waals surface area contributed by atoms with E-state index in [0.717, 1.165) is 86.2 Å². The summed E-state index contributed by atoms with van der Waals surface area (Å²) < 4.78 is 44.7. The average Bonchev–Trinajstić information content (AvgIpc) is 1.58. The fourth-order valence-corrected chi connectivity index (χ4v) is 17.1. The van der Waals surface area contributed by atoms with E-state index in [9.17, 15) is 69.9 Å². The number of phenolic OH excluding ortho intramolecular Hbond substituents is 3. The van der Waals surface area contributed by atoms with E-state index in [1.807, 2.05) is 38.1 Å². The number of fused-ring (bicyclic) bond motifs is 16. The Hall–Kier alpha value is -11.0. The Morgan fingerprint density at radius 3 is 2.02 bits per heavy atom. The number of unbranched alkanes of at least 4 members (excludes halogenated alkanes) is 4. The Labute approximate surface area is 729 Å². The molecule has 11 bridgehead atoms. The minimum absolute atomic E-state index is 0.0334. The minimum Gasteiger partial charge on any atom is -0.507 e. The first kappa shape index (κ1) is 93.2. The van der Waals surface area contributed by atoms with Crippen LogP contribution >= 0.6 is 23.2 Å². The molecule has 35 nitrogen and oxygen atoms in total. The Bertz CT molecular complexity index is 5040. The van der Waals surface area contributed by atoms with Crippen molar-refractivity contribution in [3.05, 3.63) is 146 Å². The number of aliphatic carboxylic acids is 1. The maximum absolute atomic E-state index is 16.5. The summed E-state index contributed by atoms with van der Waals surface area (Å²) in [5.41, 5.74) is 3.64. The van der Waals surface area contributed by atoms with Crippen molar-refractivity contribution in [2.75, 3.05) is 25.0 Å². The number of primary amides is 1. The zero-order chi connectivity index (χ0) is 90.2. The van der Waals surface area contributed by atoms with Gasteiger partial charge in [-0.15, -0.1) is 0 Å². The van der Waals surface area contributed by atoms with Gasteiger partial charge in [-0.2, -0.15) is 0 Å². The average molecular weight is 1780 g/mol. The number of hydrogen-bond donors (Lipinski definition) is 18. The second-order valence-electron chi connectivity index (χ2n) is 33.0. The number of carbonyl (C=O) groups excluding carboxylic acids is 9. The lowest BCUT2D eigenvalue weighted by Crippen LogP contribution is -2.63. The highest BCUT2D eigenvalue weighted by Gasteiger charge is 2.56. The first-order valence-electron chi connectivity index (χ1n) is 41.7. The molecule has 8 aliphatic heterocycles. The van der Waals surface area contributed by atoms with E-state index < -0.39 is 256 Å². The summed E-state index contributed by atoms with van der Waals surface area (Å²) in [7, 11) is 0. The van der Waals surface area contributed by atoms with Gasteiger partial charge in [-0.3, -0.25) is 33.6 Å². The Morgan fingerprint density at radius 1 is 0.712 bits per heavy atom. The van der Waals surface area contributed by atoms with E-state index in [2.05, 4.69) is 49.5 Å². The Balaban J connectivity index is 0.984. The van der Waals surface area contributed by atoms with E-state index in [1.54, 1.807) is 20.8 Å². The molecule has 8 aliphatic rings. The smallest absolute Gasteiger partial charge is 0.408 e. The van der Waals surface area contributed by atoms with Crippen molar-refractivity contribution in [1.82, 2.24) is 37.2 Å².